The van der Waals surface area contributed by atoms with E-state index in [9.17, 15) is 9.59 Å². The summed E-state index contributed by atoms with van der Waals surface area (Å²) in [5.74, 6) is -0.365. The van der Waals surface area contributed by atoms with Crippen molar-refractivity contribution < 1.29 is 19.1 Å². The van der Waals surface area contributed by atoms with Crippen LogP contribution in [0, 0.1) is 13.8 Å². The largest absolute Gasteiger partial charge is 0.444 e. The summed E-state index contributed by atoms with van der Waals surface area (Å²) >= 11 is 0. The van der Waals surface area contributed by atoms with E-state index in [0.717, 1.165) is 16.7 Å². The molecule has 6 nitrogen and oxygen atoms in total. The van der Waals surface area contributed by atoms with Crippen LogP contribution in [0.2, 0.25) is 0 Å². The third kappa shape index (κ3) is 7.95. The first-order valence-corrected chi connectivity index (χ1v) is 9.63. The van der Waals surface area contributed by atoms with Crippen molar-refractivity contribution in [3.05, 3.63) is 65.2 Å². The Labute approximate surface area is 172 Å². The van der Waals surface area contributed by atoms with E-state index in [2.05, 4.69) is 10.6 Å². The molecule has 0 unspecified atom stereocenters. The van der Waals surface area contributed by atoms with Crippen LogP contribution in [0.1, 0.15) is 37.5 Å². The highest BCUT2D eigenvalue weighted by Gasteiger charge is 2.25. The number of hydrogen-bond donors (Lipinski definition) is 2. The molecule has 2 amide bonds. The van der Waals surface area contributed by atoms with Gasteiger partial charge in [-0.3, -0.25) is 4.79 Å². The molecule has 2 rings (SSSR count). The Kier molecular flexibility index (Phi) is 7.79. The van der Waals surface area contributed by atoms with Gasteiger partial charge in [-0.25, -0.2) is 4.79 Å². The Morgan fingerprint density at radius 2 is 1.72 bits per heavy atom. The summed E-state index contributed by atoms with van der Waals surface area (Å²) in [6.07, 6.45) is -0.665. The summed E-state index contributed by atoms with van der Waals surface area (Å²) in [5, 5.41) is 5.48. The van der Waals surface area contributed by atoms with E-state index < -0.39 is 17.7 Å². The zero-order chi connectivity index (χ0) is 21.4. The highest BCUT2D eigenvalue weighted by molar-refractivity contribution is 5.97. The van der Waals surface area contributed by atoms with Crippen LogP contribution in [0.4, 0.5) is 10.5 Å². The number of aryl methyl sites for hydroxylation is 2. The molecule has 29 heavy (non-hydrogen) atoms. The fourth-order valence-corrected chi connectivity index (χ4v) is 2.68. The third-order valence-electron chi connectivity index (χ3n) is 4.04. The summed E-state index contributed by atoms with van der Waals surface area (Å²) < 4.78 is 11.0. The van der Waals surface area contributed by atoms with Crippen molar-refractivity contribution in [3.63, 3.8) is 0 Å². The van der Waals surface area contributed by atoms with Crippen LogP contribution < -0.4 is 10.6 Å². The molecule has 1 atom stereocenters. The molecule has 2 aromatic rings. The second kappa shape index (κ2) is 10.1. The van der Waals surface area contributed by atoms with Crippen molar-refractivity contribution in [1.82, 2.24) is 5.32 Å². The number of alkyl carbamates (subject to hydrolysis) is 1. The molecular weight excluding hydrogens is 368 g/mol. The Morgan fingerprint density at radius 1 is 1.03 bits per heavy atom. The minimum absolute atomic E-state index is 0.0187. The quantitative estimate of drug-likeness (QED) is 0.727. The topological polar surface area (TPSA) is 76.7 Å². The van der Waals surface area contributed by atoms with Gasteiger partial charge in [0.15, 0.2) is 0 Å². The molecule has 6 heteroatoms. The maximum atomic E-state index is 12.8. The highest BCUT2D eigenvalue weighted by Crippen LogP contribution is 2.16. The van der Waals surface area contributed by atoms with Crippen molar-refractivity contribution in [3.8, 4) is 0 Å². The van der Waals surface area contributed by atoms with Crippen molar-refractivity contribution >= 4 is 17.7 Å². The van der Waals surface area contributed by atoms with Crippen molar-refractivity contribution in [2.75, 3.05) is 11.9 Å². The number of rotatable bonds is 7. The molecule has 0 aliphatic carbocycles. The second-order valence-electron chi connectivity index (χ2n) is 8.01. The van der Waals surface area contributed by atoms with Gasteiger partial charge in [0.05, 0.1) is 13.2 Å². The predicted molar refractivity (Wildman–Crippen MR) is 114 cm³/mol. The van der Waals surface area contributed by atoms with Crippen LogP contribution in [0.5, 0.6) is 0 Å². The van der Waals surface area contributed by atoms with Crippen LogP contribution in [0.3, 0.4) is 0 Å². The predicted octanol–water partition coefficient (Wildman–Crippen LogP) is 4.35. The van der Waals surface area contributed by atoms with Gasteiger partial charge in [0.25, 0.3) is 0 Å². The third-order valence-corrected chi connectivity index (χ3v) is 4.04. The van der Waals surface area contributed by atoms with Gasteiger partial charge in [-0.05, 0) is 51.8 Å². The SMILES string of the molecule is Cc1ccc(NC(=O)[C@H](COCc2ccccc2)NC(=O)OC(C)(C)C)c(C)c1. The van der Waals surface area contributed by atoms with E-state index in [1.165, 1.54) is 0 Å². The van der Waals surface area contributed by atoms with Gasteiger partial charge in [0.1, 0.15) is 11.6 Å². The van der Waals surface area contributed by atoms with Gasteiger partial charge in [-0.2, -0.15) is 0 Å². The van der Waals surface area contributed by atoms with Crippen LogP contribution >= 0.6 is 0 Å². The lowest BCUT2D eigenvalue weighted by Crippen LogP contribution is -2.48. The van der Waals surface area contributed by atoms with E-state index in [4.69, 9.17) is 9.47 Å². The number of carbonyl (C=O) groups excluding carboxylic acids is 2. The Balaban J connectivity index is 2.05. The fourth-order valence-electron chi connectivity index (χ4n) is 2.68. The minimum atomic E-state index is -0.894. The molecule has 0 spiro atoms. The summed E-state index contributed by atoms with van der Waals surface area (Å²) in [6, 6.07) is 14.5. The smallest absolute Gasteiger partial charge is 0.408 e. The molecule has 0 heterocycles. The Bertz CT molecular complexity index is 829. The van der Waals surface area contributed by atoms with Crippen molar-refractivity contribution in [2.24, 2.45) is 0 Å². The number of benzene rings is 2. The maximum Gasteiger partial charge on any atom is 0.408 e. The molecule has 0 fully saturated rings. The molecule has 2 aromatic carbocycles. The van der Waals surface area contributed by atoms with Crippen LogP contribution in [-0.4, -0.2) is 30.3 Å². The van der Waals surface area contributed by atoms with E-state index in [0.29, 0.717) is 12.3 Å². The van der Waals surface area contributed by atoms with Gasteiger partial charge < -0.3 is 20.1 Å². The summed E-state index contributed by atoms with van der Waals surface area (Å²) in [6.45, 7) is 9.57. The zero-order valence-electron chi connectivity index (χ0n) is 17.7. The fraction of sp³-hybridized carbons (Fsp3) is 0.391. The van der Waals surface area contributed by atoms with Gasteiger partial charge in [-0.1, -0.05) is 48.0 Å². The second-order valence-corrected chi connectivity index (χ2v) is 8.01. The average Bonchev–Trinajstić information content (AvgIpc) is 2.62. The van der Waals surface area contributed by atoms with E-state index in [1.807, 2.05) is 62.4 Å². The molecule has 0 saturated carbocycles. The first-order chi connectivity index (χ1) is 13.6. The number of nitrogens with one attached hydrogen (secondary N) is 2. The van der Waals surface area contributed by atoms with Gasteiger partial charge in [0.2, 0.25) is 5.91 Å². The molecular formula is C23H30N2O4. The summed E-state index contributed by atoms with van der Waals surface area (Å²) in [7, 11) is 0. The maximum absolute atomic E-state index is 12.8. The first kappa shape index (κ1) is 22.4. The lowest BCUT2D eigenvalue weighted by molar-refractivity contribution is -0.119. The Morgan fingerprint density at radius 3 is 2.34 bits per heavy atom. The van der Waals surface area contributed by atoms with E-state index in [1.54, 1.807) is 20.8 Å². The summed E-state index contributed by atoms with van der Waals surface area (Å²) in [4.78, 5) is 25.0. The molecule has 2 N–H and O–H groups in total. The number of hydrogen-bond acceptors (Lipinski definition) is 4. The molecule has 0 aliphatic rings. The number of carbonyl (C=O) groups is 2. The standard InChI is InChI=1S/C23H30N2O4/c1-16-11-12-19(17(2)13-16)24-21(26)20(25-22(27)29-23(3,4)5)15-28-14-18-9-7-6-8-10-18/h6-13,20H,14-15H2,1-5H3,(H,24,26)(H,25,27)/t20-/m0/s1. The van der Waals surface area contributed by atoms with E-state index >= 15 is 0 Å². The zero-order valence-corrected chi connectivity index (χ0v) is 17.7. The van der Waals surface area contributed by atoms with Crippen LogP contribution in [0.15, 0.2) is 48.5 Å². The molecule has 0 aliphatic heterocycles. The van der Waals surface area contributed by atoms with Crippen LogP contribution in [0.25, 0.3) is 0 Å². The van der Waals surface area contributed by atoms with Crippen molar-refractivity contribution in [1.29, 1.82) is 0 Å². The molecule has 0 bridgehead atoms. The van der Waals surface area contributed by atoms with Gasteiger partial charge in [0, 0.05) is 5.69 Å². The van der Waals surface area contributed by atoms with Gasteiger partial charge in [-0.15, -0.1) is 0 Å². The number of amides is 2. The average molecular weight is 399 g/mol. The van der Waals surface area contributed by atoms with Gasteiger partial charge >= 0.3 is 6.09 Å². The molecule has 0 radical (unpaired) electrons. The van der Waals surface area contributed by atoms with E-state index in [-0.39, 0.29) is 12.5 Å². The normalized spacial score (nSPS) is 12.2. The first-order valence-electron chi connectivity index (χ1n) is 9.63. The lowest BCUT2D eigenvalue weighted by atomic mass is 10.1. The monoisotopic (exact) mass is 398 g/mol. The lowest BCUT2D eigenvalue weighted by Gasteiger charge is -2.23. The van der Waals surface area contributed by atoms with Crippen LogP contribution in [-0.2, 0) is 20.9 Å². The summed E-state index contributed by atoms with van der Waals surface area (Å²) in [5.41, 5.74) is 3.07. The highest BCUT2D eigenvalue weighted by atomic mass is 16.6. The number of anilines is 1. The molecule has 156 valence electrons. The minimum Gasteiger partial charge on any atom is -0.444 e. The number of ether oxygens (including phenoxy) is 2. The molecule has 0 aromatic heterocycles. The van der Waals surface area contributed by atoms with Crippen molar-refractivity contribution in [2.45, 2.75) is 52.9 Å². The molecule has 0 saturated heterocycles. The Hall–Kier alpha value is -2.86.